The van der Waals surface area contributed by atoms with Gasteiger partial charge in [0.2, 0.25) is 0 Å². The monoisotopic (exact) mass is 221 g/mol. The molecule has 82 valence electrons. The Morgan fingerprint density at radius 3 is 2.67 bits per heavy atom. The van der Waals surface area contributed by atoms with E-state index in [9.17, 15) is 0 Å². The third-order valence-electron chi connectivity index (χ3n) is 1.97. The highest BCUT2D eigenvalue weighted by Crippen LogP contribution is 2.12. The van der Waals surface area contributed by atoms with E-state index in [2.05, 4.69) is 48.9 Å². The molecule has 0 aromatic heterocycles. The van der Waals surface area contributed by atoms with Crippen LogP contribution in [-0.4, -0.2) is 6.54 Å². The van der Waals surface area contributed by atoms with Gasteiger partial charge in [0.05, 0.1) is 0 Å². The van der Waals surface area contributed by atoms with E-state index < -0.39 is 0 Å². The number of rotatable bonds is 6. The van der Waals surface area contributed by atoms with Gasteiger partial charge in [-0.15, -0.1) is 0 Å². The van der Waals surface area contributed by atoms with Crippen LogP contribution in [0.3, 0.4) is 0 Å². The largest absolute Gasteiger partial charge is 0.260 e. The molecule has 0 spiro atoms. The highest BCUT2D eigenvalue weighted by Gasteiger charge is 1.90. The first-order valence-corrected chi connectivity index (χ1v) is 6.19. The van der Waals surface area contributed by atoms with Crippen molar-refractivity contribution >= 4 is 11.9 Å². The van der Waals surface area contributed by atoms with Gasteiger partial charge in [-0.05, 0) is 50.8 Å². The Morgan fingerprint density at radius 1 is 1.27 bits per heavy atom. The van der Waals surface area contributed by atoms with Gasteiger partial charge in [-0.3, -0.25) is 4.72 Å². The maximum atomic E-state index is 3.36. The van der Waals surface area contributed by atoms with Crippen LogP contribution in [0.5, 0.6) is 0 Å². The lowest BCUT2D eigenvalue weighted by Crippen LogP contribution is -2.04. The molecule has 0 atom stereocenters. The van der Waals surface area contributed by atoms with Crippen molar-refractivity contribution in [2.45, 2.75) is 31.6 Å². The van der Waals surface area contributed by atoms with Gasteiger partial charge in [0.25, 0.3) is 0 Å². The first-order chi connectivity index (χ1) is 7.29. The van der Waals surface area contributed by atoms with Crippen molar-refractivity contribution in [2.24, 2.45) is 0 Å². The minimum Gasteiger partial charge on any atom is -0.260 e. The van der Waals surface area contributed by atoms with E-state index >= 15 is 0 Å². The van der Waals surface area contributed by atoms with Crippen molar-refractivity contribution in [1.29, 1.82) is 0 Å². The molecule has 0 radical (unpaired) electrons. The Labute approximate surface area is 97.1 Å². The standard InChI is InChI=1S/C13H19NS/c1-12(2)8-6-7-11-14-15-13-9-4-3-5-10-13/h3-5,8-10,14H,6-7,11H2,1-2H3. The fourth-order valence-corrected chi connectivity index (χ4v) is 1.89. The molecule has 15 heavy (non-hydrogen) atoms. The lowest BCUT2D eigenvalue weighted by atomic mass is 10.2. The van der Waals surface area contributed by atoms with Gasteiger partial charge in [-0.25, -0.2) is 0 Å². The molecule has 0 aliphatic carbocycles. The fourth-order valence-electron chi connectivity index (χ4n) is 1.19. The fraction of sp³-hybridized carbons (Fsp3) is 0.385. The number of hydrogen-bond donors (Lipinski definition) is 1. The summed E-state index contributed by atoms with van der Waals surface area (Å²) in [4.78, 5) is 1.28. The highest BCUT2D eigenvalue weighted by molar-refractivity contribution is 7.97. The van der Waals surface area contributed by atoms with Gasteiger partial charge in [0.15, 0.2) is 0 Å². The van der Waals surface area contributed by atoms with Gasteiger partial charge in [-0.2, -0.15) is 0 Å². The zero-order chi connectivity index (χ0) is 10.9. The quantitative estimate of drug-likeness (QED) is 0.442. The summed E-state index contributed by atoms with van der Waals surface area (Å²) in [6, 6.07) is 10.4. The lowest BCUT2D eigenvalue weighted by molar-refractivity contribution is 0.812. The van der Waals surface area contributed by atoms with Gasteiger partial charge in [0.1, 0.15) is 0 Å². The van der Waals surface area contributed by atoms with E-state index in [0.717, 1.165) is 6.54 Å². The molecular formula is C13H19NS. The van der Waals surface area contributed by atoms with Crippen LogP contribution in [0.1, 0.15) is 26.7 Å². The summed E-state index contributed by atoms with van der Waals surface area (Å²) in [7, 11) is 0. The minimum absolute atomic E-state index is 1.06. The number of nitrogens with one attached hydrogen (secondary N) is 1. The Morgan fingerprint density at radius 2 is 2.00 bits per heavy atom. The molecule has 2 heteroatoms. The summed E-state index contributed by atoms with van der Waals surface area (Å²) >= 11 is 1.71. The average molecular weight is 221 g/mol. The second-order valence-corrected chi connectivity index (χ2v) is 4.70. The second-order valence-electron chi connectivity index (χ2n) is 3.73. The summed E-state index contributed by atoms with van der Waals surface area (Å²) in [6.07, 6.45) is 4.66. The maximum absolute atomic E-state index is 3.36. The molecule has 1 aromatic carbocycles. The van der Waals surface area contributed by atoms with Crippen molar-refractivity contribution in [3.8, 4) is 0 Å². The zero-order valence-corrected chi connectivity index (χ0v) is 10.3. The van der Waals surface area contributed by atoms with Crippen LogP contribution < -0.4 is 4.72 Å². The predicted molar refractivity (Wildman–Crippen MR) is 69.0 cm³/mol. The Kier molecular flexibility index (Phi) is 6.21. The van der Waals surface area contributed by atoms with E-state index in [1.54, 1.807) is 11.9 Å². The van der Waals surface area contributed by atoms with Gasteiger partial charge < -0.3 is 0 Å². The third-order valence-corrected chi connectivity index (χ3v) is 2.83. The summed E-state index contributed by atoms with van der Waals surface area (Å²) in [5.41, 5.74) is 1.41. The van der Waals surface area contributed by atoms with Gasteiger partial charge in [0, 0.05) is 11.4 Å². The van der Waals surface area contributed by atoms with E-state index in [1.165, 1.54) is 23.3 Å². The van der Waals surface area contributed by atoms with Crippen LogP contribution in [0.25, 0.3) is 0 Å². The normalized spacial score (nSPS) is 10.0. The minimum atomic E-state index is 1.06. The van der Waals surface area contributed by atoms with Gasteiger partial charge in [-0.1, -0.05) is 29.8 Å². The topological polar surface area (TPSA) is 12.0 Å². The van der Waals surface area contributed by atoms with E-state index in [0.29, 0.717) is 0 Å². The SMILES string of the molecule is CC(C)=CCCCNSc1ccccc1. The van der Waals surface area contributed by atoms with Crippen LogP contribution in [0, 0.1) is 0 Å². The first kappa shape index (κ1) is 12.3. The van der Waals surface area contributed by atoms with Gasteiger partial charge >= 0.3 is 0 Å². The van der Waals surface area contributed by atoms with E-state index in [1.807, 2.05) is 6.07 Å². The Hall–Kier alpha value is -0.730. The molecule has 0 unspecified atom stereocenters. The van der Waals surface area contributed by atoms with E-state index in [4.69, 9.17) is 0 Å². The Bertz CT molecular complexity index is 289. The summed E-state index contributed by atoms with van der Waals surface area (Å²) < 4.78 is 3.36. The zero-order valence-electron chi connectivity index (χ0n) is 9.49. The average Bonchev–Trinajstić information content (AvgIpc) is 2.24. The van der Waals surface area contributed by atoms with Crippen LogP contribution >= 0.6 is 11.9 Å². The molecular weight excluding hydrogens is 202 g/mol. The molecule has 1 nitrogen and oxygen atoms in total. The molecule has 0 aliphatic heterocycles. The number of allylic oxidation sites excluding steroid dienone is 2. The van der Waals surface area contributed by atoms with Crippen molar-refractivity contribution in [1.82, 2.24) is 4.72 Å². The van der Waals surface area contributed by atoms with Crippen LogP contribution in [-0.2, 0) is 0 Å². The molecule has 0 amide bonds. The number of benzene rings is 1. The lowest BCUT2D eigenvalue weighted by Gasteiger charge is -2.02. The summed E-state index contributed by atoms with van der Waals surface area (Å²) in [5, 5.41) is 0. The van der Waals surface area contributed by atoms with Crippen LogP contribution in [0.2, 0.25) is 0 Å². The molecule has 0 heterocycles. The number of hydrogen-bond acceptors (Lipinski definition) is 2. The van der Waals surface area contributed by atoms with Crippen molar-refractivity contribution < 1.29 is 0 Å². The predicted octanol–water partition coefficient (Wildman–Crippen LogP) is 4.03. The van der Waals surface area contributed by atoms with Crippen LogP contribution in [0.15, 0.2) is 46.9 Å². The maximum Gasteiger partial charge on any atom is 0.0228 e. The molecule has 0 saturated carbocycles. The molecule has 1 aromatic rings. The highest BCUT2D eigenvalue weighted by atomic mass is 32.2. The second kappa shape index (κ2) is 7.55. The molecule has 0 bridgehead atoms. The smallest absolute Gasteiger partial charge is 0.0228 e. The summed E-state index contributed by atoms with van der Waals surface area (Å²) in [6.45, 7) is 5.35. The molecule has 0 fully saturated rings. The Balaban J connectivity index is 2.05. The summed E-state index contributed by atoms with van der Waals surface area (Å²) in [5.74, 6) is 0. The van der Waals surface area contributed by atoms with Crippen molar-refractivity contribution in [2.75, 3.05) is 6.54 Å². The first-order valence-electron chi connectivity index (χ1n) is 5.37. The molecule has 0 saturated heterocycles. The molecule has 1 N–H and O–H groups in total. The van der Waals surface area contributed by atoms with Crippen molar-refractivity contribution in [3.05, 3.63) is 42.0 Å². The molecule has 1 rings (SSSR count). The van der Waals surface area contributed by atoms with E-state index in [-0.39, 0.29) is 0 Å². The number of unbranched alkanes of at least 4 members (excludes halogenated alkanes) is 1. The van der Waals surface area contributed by atoms with Crippen molar-refractivity contribution in [3.63, 3.8) is 0 Å². The van der Waals surface area contributed by atoms with Crippen LogP contribution in [0.4, 0.5) is 0 Å². The third kappa shape index (κ3) is 6.37. The molecule has 0 aliphatic rings.